The first-order chi connectivity index (χ1) is 9.29. The van der Waals surface area contributed by atoms with Gasteiger partial charge in [-0.05, 0) is 49.9 Å². The van der Waals surface area contributed by atoms with Gasteiger partial charge in [0.1, 0.15) is 9.84 Å². The maximum absolute atomic E-state index is 12.6. The van der Waals surface area contributed by atoms with Crippen LogP contribution >= 0.6 is 0 Å². The van der Waals surface area contributed by atoms with E-state index in [9.17, 15) is 12.6 Å². The lowest BCUT2D eigenvalue weighted by atomic mass is 10.00. The molecule has 1 fully saturated rings. The summed E-state index contributed by atoms with van der Waals surface area (Å²) >= 11 is 0. The van der Waals surface area contributed by atoms with Crippen LogP contribution in [0, 0.1) is 6.92 Å². The summed E-state index contributed by atoms with van der Waals surface area (Å²) in [7, 11) is -4.21. The number of aryl methyl sites for hydroxylation is 1. The van der Waals surface area contributed by atoms with E-state index in [1.54, 1.807) is 12.1 Å². The van der Waals surface area contributed by atoms with Gasteiger partial charge in [0.25, 0.3) is 0 Å². The third-order valence-corrected chi connectivity index (χ3v) is 7.35. The topological polar surface area (TPSA) is 77.2 Å². The van der Waals surface area contributed by atoms with E-state index in [2.05, 4.69) is 0 Å². The summed E-state index contributed by atoms with van der Waals surface area (Å²) in [6.07, 6.45) is 4.10. The maximum Gasteiger partial charge on any atom is 0.150 e. The molecule has 2 N–H and O–H groups in total. The molecule has 1 aliphatic rings. The van der Waals surface area contributed by atoms with Gasteiger partial charge in [0, 0.05) is 22.1 Å². The van der Waals surface area contributed by atoms with Gasteiger partial charge in [0.2, 0.25) is 0 Å². The Bertz CT molecular complexity index is 625. The summed E-state index contributed by atoms with van der Waals surface area (Å²) in [5, 5.41) is -0.424. The van der Waals surface area contributed by atoms with E-state index < -0.39 is 20.6 Å². The molecule has 0 aliphatic heterocycles. The van der Waals surface area contributed by atoms with Gasteiger partial charge >= 0.3 is 0 Å². The molecule has 0 radical (unpaired) electrons. The Balaban J connectivity index is 2.18. The van der Waals surface area contributed by atoms with Crippen LogP contribution in [-0.4, -0.2) is 29.4 Å². The molecule has 2 rings (SSSR count). The minimum absolute atomic E-state index is 0.0773. The zero-order chi connectivity index (χ0) is 14.9. The highest BCUT2D eigenvalue weighted by Gasteiger charge is 2.32. The van der Waals surface area contributed by atoms with Gasteiger partial charge in [-0.2, -0.15) is 0 Å². The Kier molecular flexibility index (Phi) is 4.54. The Morgan fingerprint density at radius 3 is 2.60 bits per heavy atom. The molecule has 0 heterocycles. The van der Waals surface area contributed by atoms with Gasteiger partial charge in [-0.1, -0.05) is 6.42 Å². The van der Waals surface area contributed by atoms with Crippen molar-refractivity contribution < 1.29 is 12.6 Å². The van der Waals surface area contributed by atoms with Crippen LogP contribution in [0.2, 0.25) is 0 Å². The van der Waals surface area contributed by atoms with Crippen molar-refractivity contribution in [2.75, 3.05) is 12.0 Å². The number of anilines is 1. The average Bonchev–Trinajstić information content (AvgIpc) is 2.40. The van der Waals surface area contributed by atoms with Crippen molar-refractivity contribution in [3.63, 3.8) is 0 Å². The highest BCUT2D eigenvalue weighted by molar-refractivity contribution is 7.91. The molecule has 3 unspecified atom stereocenters. The van der Waals surface area contributed by atoms with Crippen molar-refractivity contribution in [2.45, 2.75) is 48.0 Å². The number of benzene rings is 1. The van der Waals surface area contributed by atoms with Gasteiger partial charge in [-0.3, -0.25) is 4.21 Å². The van der Waals surface area contributed by atoms with Crippen LogP contribution in [0.1, 0.15) is 31.2 Å². The standard InChI is InChI=1S/C14H21NO3S2/c1-10-8-12(6-7-14(10)15)19(16)11-4-3-5-13(9-11)20(2,17)18/h6-8,11,13H,3-5,9,15H2,1-2H3. The molecule has 112 valence electrons. The molecular formula is C14H21NO3S2. The SMILES string of the molecule is Cc1cc(S(=O)C2CCCC(S(C)(=O)=O)C2)ccc1N. The Morgan fingerprint density at radius 1 is 1.30 bits per heavy atom. The lowest BCUT2D eigenvalue weighted by molar-refractivity contribution is 0.487. The van der Waals surface area contributed by atoms with E-state index in [-0.39, 0.29) is 10.5 Å². The zero-order valence-electron chi connectivity index (χ0n) is 11.8. The van der Waals surface area contributed by atoms with Crippen molar-refractivity contribution in [3.8, 4) is 0 Å². The van der Waals surface area contributed by atoms with Gasteiger partial charge in [-0.25, -0.2) is 8.42 Å². The molecule has 1 aliphatic carbocycles. The second-order valence-corrected chi connectivity index (χ2v) is 9.61. The number of hydrogen-bond acceptors (Lipinski definition) is 4. The number of hydrogen-bond donors (Lipinski definition) is 1. The monoisotopic (exact) mass is 315 g/mol. The normalized spacial score (nSPS) is 25.3. The first-order valence-corrected chi connectivity index (χ1v) is 9.91. The second-order valence-electron chi connectivity index (χ2n) is 5.56. The molecule has 1 aromatic rings. The first kappa shape index (κ1) is 15.5. The zero-order valence-corrected chi connectivity index (χ0v) is 13.5. The molecule has 0 saturated heterocycles. The molecule has 4 nitrogen and oxygen atoms in total. The molecule has 0 bridgehead atoms. The minimum Gasteiger partial charge on any atom is -0.399 e. The van der Waals surface area contributed by atoms with Crippen LogP contribution < -0.4 is 5.73 Å². The molecule has 0 aromatic heterocycles. The van der Waals surface area contributed by atoms with E-state index in [4.69, 9.17) is 5.73 Å². The summed E-state index contributed by atoms with van der Waals surface area (Å²) in [5.41, 5.74) is 7.36. The van der Waals surface area contributed by atoms with Crippen LogP contribution in [0.5, 0.6) is 0 Å². The van der Waals surface area contributed by atoms with Crippen molar-refractivity contribution in [1.82, 2.24) is 0 Å². The quantitative estimate of drug-likeness (QED) is 0.866. The molecule has 6 heteroatoms. The number of rotatable bonds is 3. The van der Waals surface area contributed by atoms with E-state index in [0.29, 0.717) is 18.5 Å². The number of nitrogens with two attached hydrogens (primary N) is 1. The van der Waals surface area contributed by atoms with Crippen molar-refractivity contribution in [1.29, 1.82) is 0 Å². The van der Waals surface area contributed by atoms with Gasteiger partial charge in [-0.15, -0.1) is 0 Å². The van der Waals surface area contributed by atoms with E-state index in [1.165, 1.54) is 6.26 Å². The van der Waals surface area contributed by atoms with Crippen molar-refractivity contribution in [3.05, 3.63) is 23.8 Å². The van der Waals surface area contributed by atoms with Crippen molar-refractivity contribution >= 4 is 26.3 Å². The van der Waals surface area contributed by atoms with Gasteiger partial charge < -0.3 is 5.73 Å². The number of nitrogen functional groups attached to an aromatic ring is 1. The highest BCUT2D eigenvalue weighted by Crippen LogP contribution is 2.30. The van der Waals surface area contributed by atoms with Crippen LogP contribution in [0.25, 0.3) is 0 Å². The molecule has 1 saturated carbocycles. The van der Waals surface area contributed by atoms with E-state index in [1.807, 2.05) is 13.0 Å². The fourth-order valence-corrected chi connectivity index (χ4v) is 5.62. The van der Waals surface area contributed by atoms with Crippen LogP contribution in [0.4, 0.5) is 5.69 Å². The summed E-state index contributed by atoms with van der Waals surface area (Å²) in [5.74, 6) is 0. The highest BCUT2D eigenvalue weighted by atomic mass is 32.2. The summed E-state index contributed by atoms with van der Waals surface area (Å²) in [4.78, 5) is 0.746. The summed E-state index contributed by atoms with van der Waals surface area (Å²) in [6, 6.07) is 5.39. The fourth-order valence-electron chi connectivity index (χ4n) is 2.65. The lowest BCUT2D eigenvalue weighted by Crippen LogP contribution is -2.32. The van der Waals surface area contributed by atoms with Crippen LogP contribution in [0.3, 0.4) is 0 Å². The molecule has 0 amide bonds. The van der Waals surface area contributed by atoms with Crippen molar-refractivity contribution in [2.24, 2.45) is 0 Å². The second kappa shape index (κ2) is 5.85. The summed E-state index contributed by atoms with van der Waals surface area (Å²) < 4.78 is 36.0. The average molecular weight is 315 g/mol. The Hall–Kier alpha value is -0.880. The van der Waals surface area contributed by atoms with Gasteiger partial charge in [0.15, 0.2) is 0 Å². The third-order valence-electron chi connectivity index (χ3n) is 3.96. The predicted molar refractivity (Wildman–Crippen MR) is 82.9 cm³/mol. The first-order valence-electron chi connectivity index (χ1n) is 6.74. The fraction of sp³-hybridized carbons (Fsp3) is 0.571. The molecule has 0 spiro atoms. The molecule has 3 atom stereocenters. The smallest absolute Gasteiger partial charge is 0.150 e. The van der Waals surface area contributed by atoms with Gasteiger partial charge in [0.05, 0.1) is 16.0 Å². The third kappa shape index (κ3) is 3.41. The van der Waals surface area contributed by atoms with E-state index >= 15 is 0 Å². The lowest BCUT2D eigenvalue weighted by Gasteiger charge is -2.27. The predicted octanol–water partition coefficient (Wildman–Crippen LogP) is 2.04. The Morgan fingerprint density at radius 2 is 2.00 bits per heavy atom. The van der Waals surface area contributed by atoms with Crippen LogP contribution in [0.15, 0.2) is 23.1 Å². The summed E-state index contributed by atoms with van der Waals surface area (Å²) in [6.45, 7) is 1.89. The molecular weight excluding hydrogens is 294 g/mol. The van der Waals surface area contributed by atoms with E-state index in [0.717, 1.165) is 23.3 Å². The molecule has 1 aromatic carbocycles. The Labute approximate surface area is 123 Å². The largest absolute Gasteiger partial charge is 0.399 e. The maximum atomic E-state index is 12.6. The number of sulfone groups is 1. The molecule has 20 heavy (non-hydrogen) atoms. The minimum atomic E-state index is -3.04. The van der Waals surface area contributed by atoms with Crippen LogP contribution in [-0.2, 0) is 20.6 Å².